The van der Waals surface area contributed by atoms with Gasteiger partial charge in [0.15, 0.2) is 0 Å². The van der Waals surface area contributed by atoms with E-state index in [1.807, 2.05) is 6.07 Å². The van der Waals surface area contributed by atoms with E-state index >= 15 is 0 Å². The summed E-state index contributed by atoms with van der Waals surface area (Å²) >= 11 is 6.00. The van der Waals surface area contributed by atoms with E-state index in [1.165, 1.54) is 6.07 Å². The molecule has 20 heavy (non-hydrogen) atoms. The molecule has 0 unspecified atom stereocenters. The monoisotopic (exact) mass is 289 g/mol. The van der Waals surface area contributed by atoms with Crippen LogP contribution in [0.4, 0.5) is 0 Å². The van der Waals surface area contributed by atoms with Gasteiger partial charge in [-0.3, -0.25) is 4.79 Å². The number of methoxy groups -OCH3 is 1. The number of nitrogens with zero attached hydrogens (tertiary/aromatic N) is 3. The number of hydrogen-bond donors (Lipinski definition) is 0. The van der Waals surface area contributed by atoms with E-state index < -0.39 is 0 Å². The summed E-state index contributed by atoms with van der Waals surface area (Å²) in [7, 11) is 1.54. The number of ether oxygens (including phenoxy) is 1. The average molecular weight is 290 g/mol. The summed E-state index contributed by atoms with van der Waals surface area (Å²) < 4.78 is 6.83. The lowest BCUT2D eigenvalue weighted by Crippen LogP contribution is -2.18. The van der Waals surface area contributed by atoms with Crippen molar-refractivity contribution in [1.82, 2.24) is 9.78 Å². The highest BCUT2D eigenvalue weighted by Gasteiger charge is 2.12. The van der Waals surface area contributed by atoms with Gasteiger partial charge in [-0.2, -0.15) is 10.4 Å². The summed E-state index contributed by atoms with van der Waals surface area (Å²) in [6.07, 6.45) is -0.0397. The van der Waals surface area contributed by atoms with Crippen molar-refractivity contribution in [2.75, 3.05) is 7.11 Å². The SMILES string of the molecule is COc1ccc(Cl)cc1-n1nc(CC#N)c(=O)cc1C. The smallest absolute Gasteiger partial charge is 0.204 e. The maximum atomic E-state index is 11.8. The van der Waals surface area contributed by atoms with Gasteiger partial charge in [-0.15, -0.1) is 0 Å². The van der Waals surface area contributed by atoms with Crippen molar-refractivity contribution in [3.8, 4) is 17.5 Å². The Kier molecular flexibility index (Phi) is 4.06. The average Bonchev–Trinajstić information content (AvgIpc) is 2.42. The predicted octanol–water partition coefficient (Wildman–Crippen LogP) is 2.27. The number of aromatic nitrogens is 2. The van der Waals surface area contributed by atoms with E-state index in [0.717, 1.165) is 0 Å². The molecule has 0 amide bonds. The van der Waals surface area contributed by atoms with Gasteiger partial charge in [-0.05, 0) is 25.1 Å². The van der Waals surface area contributed by atoms with E-state index in [1.54, 1.807) is 36.9 Å². The van der Waals surface area contributed by atoms with Crippen molar-refractivity contribution in [2.45, 2.75) is 13.3 Å². The molecule has 0 fully saturated rings. The number of nitriles is 1. The predicted molar refractivity (Wildman–Crippen MR) is 75.5 cm³/mol. The van der Waals surface area contributed by atoms with Crippen LogP contribution in [0.15, 0.2) is 29.1 Å². The fourth-order valence-electron chi connectivity index (χ4n) is 1.85. The van der Waals surface area contributed by atoms with Crippen LogP contribution in [0.2, 0.25) is 5.02 Å². The second-order valence-corrected chi connectivity index (χ2v) is 4.60. The summed E-state index contributed by atoms with van der Waals surface area (Å²) in [6.45, 7) is 1.75. The number of hydrogen-bond acceptors (Lipinski definition) is 4. The summed E-state index contributed by atoms with van der Waals surface area (Å²) in [5.41, 5.74) is 1.20. The molecule has 0 aliphatic heterocycles. The van der Waals surface area contributed by atoms with Gasteiger partial charge in [0.25, 0.3) is 0 Å². The minimum atomic E-state index is -0.249. The molecule has 1 aromatic carbocycles. The van der Waals surface area contributed by atoms with E-state index in [9.17, 15) is 4.79 Å². The van der Waals surface area contributed by atoms with Gasteiger partial charge in [0.2, 0.25) is 5.43 Å². The summed E-state index contributed by atoms with van der Waals surface area (Å²) in [4.78, 5) is 11.8. The Morgan fingerprint density at radius 1 is 1.45 bits per heavy atom. The van der Waals surface area contributed by atoms with Crippen molar-refractivity contribution in [3.63, 3.8) is 0 Å². The maximum absolute atomic E-state index is 11.8. The van der Waals surface area contributed by atoms with Crippen LogP contribution in [-0.4, -0.2) is 16.9 Å². The minimum Gasteiger partial charge on any atom is -0.494 e. The maximum Gasteiger partial charge on any atom is 0.204 e. The first kappa shape index (κ1) is 14.1. The van der Waals surface area contributed by atoms with Gasteiger partial charge in [-0.1, -0.05) is 11.6 Å². The van der Waals surface area contributed by atoms with Crippen LogP contribution in [0, 0.1) is 18.3 Å². The third-order valence-corrected chi connectivity index (χ3v) is 3.03. The zero-order valence-corrected chi connectivity index (χ0v) is 11.8. The van der Waals surface area contributed by atoms with Crippen molar-refractivity contribution in [1.29, 1.82) is 5.26 Å². The molecule has 5 nitrogen and oxygen atoms in total. The van der Waals surface area contributed by atoms with Crippen molar-refractivity contribution < 1.29 is 4.74 Å². The normalized spacial score (nSPS) is 10.1. The molecule has 0 bridgehead atoms. The molecule has 102 valence electrons. The molecule has 6 heteroatoms. The molecule has 0 aliphatic rings. The van der Waals surface area contributed by atoms with Crippen LogP contribution in [0.1, 0.15) is 11.4 Å². The number of aryl methyl sites for hydroxylation is 1. The Balaban J connectivity index is 2.69. The highest BCUT2D eigenvalue weighted by molar-refractivity contribution is 6.30. The molecule has 0 aliphatic carbocycles. The molecule has 0 atom stereocenters. The summed E-state index contributed by atoms with van der Waals surface area (Å²) in [5, 5.41) is 13.5. The Morgan fingerprint density at radius 3 is 2.85 bits per heavy atom. The van der Waals surface area contributed by atoms with E-state index in [-0.39, 0.29) is 17.5 Å². The topological polar surface area (TPSA) is 67.9 Å². The summed E-state index contributed by atoms with van der Waals surface area (Å²) in [5.74, 6) is 0.580. The Bertz CT molecular complexity index is 747. The first-order chi connectivity index (χ1) is 9.56. The minimum absolute atomic E-state index is 0.0397. The molecule has 2 aromatic rings. The van der Waals surface area contributed by atoms with Crippen LogP contribution in [0.5, 0.6) is 5.75 Å². The molecule has 0 saturated carbocycles. The fraction of sp³-hybridized carbons (Fsp3) is 0.214. The second kappa shape index (κ2) is 5.76. The first-order valence-corrected chi connectivity index (χ1v) is 6.25. The van der Waals surface area contributed by atoms with Gasteiger partial charge in [0.1, 0.15) is 17.1 Å². The van der Waals surface area contributed by atoms with Gasteiger partial charge in [-0.25, -0.2) is 4.68 Å². The molecule has 1 aromatic heterocycles. The first-order valence-electron chi connectivity index (χ1n) is 5.87. The van der Waals surface area contributed by atoms with Crippen LogP contribution in [-0.2, 0) is 6.42 Å². The van der Waals surface area contributed by atoms with Crippen molar-refractivity contribution in [3.05, 3.63) is 50.9 Å². The highest BCUT2D eigenvalue weighted by atomic mass is 35.5. The lowest BCUT2D eigenvalue weighted by molar-refractivity contribution is 0.411. The third-order valence-electron chi connectivity index (χ3n) is 2.79. The van der Waals surface area contributed by atoms with E-state index in [0.29, 0.717) is 22.2 Å². The van der Waals surface area contributed by atoms with Crippen molar-refractivity contribution >= 4 is 11.6 Å². The van der Waals surface area contributed by atoms with Crippen LogP contribution >= 0.6 is 11.6 Å². The lowest BCUT2D eigenvalue weighted by atomic mass is 10.2. The molecule has 0 spiro atoms. The van der Waals surface area contributed by atoms with Gasteiger partial charge in [0.05, 0.1) is 19.6 Å². The lowest BCUT2D eigenvalue weighted by Gasteiger charge is -2.14. The highest BCUT2D eigenvalue weighted by Crippen LogP contribution is 2.26. The molecule has 0 saturated heterocycles. The zero-order chi connectivity index (χ0) is 14.7. The molecule has 2 rings (SSSR count). The Hall–Kier alpha value is -2.32. The molecule has 1 heterocycles. The largest absolute Gasteiger partial charge is 0.494 e. The molecule has 0 radical (unpaired) electrons. The Morgan fingerprint density at radius 2 is 2.20 bits per heavy atom. The van der Waals surface area contributed by atoms with E-state index in [4.69, 9.17) is 21.6 Å². The number of halogens is 1. The van der Waals surface area contributed by atoms with Crippen molar-refractivity contribution in [2.24, 2.45) is 0 Å². The van der Waals surface area contributed by atoms with Gasteiger partial charge >= 0.3 is 0 Å². The number of rotatable bonds is 3. The number of benzene rings is 1. The van der Waals surface area contributed by atoms with Crippen LogP contribution < -0.4 is 10.2 Å². The quantitative estimate of drug-likeness (QED) is 0.869. The standard InChI is InChI=1S/C14H12ClN3O2/c1-9-7-13(19)11(5-6-16)17-18(9)12-8-10(15)3-4-14(12)20-2/h3-4,7-8H,5H2,1-2H3. The zero-order valence-electron chi connectivity index (χ0n) is 11.1. The summed E-state index contributed by atoms with van der Waals surface area (Å²) in [6, 6.07) is 8.50. The van der Waals surface area contributed by atoms with Gasteiger partial charge in [0, 0.05) is 16.8 Å². The molecule has 0 N–H and O–H groups in total. The Labute approximate surface area is 121 Å². The third kappa shape index (κ3) is 2.65. The van der Waals surface area contributed by atoms with Crippen LogP contribution in [0.25, 0.3) is 5.69 Å². The van der Waals surface area contributed by atoms with Gasteiger partial charge < -0.3 is 4.74 Å². The molecular weight excluding hydrogens is 278 g/mol. The fourth-order valence-corrected chi connectivity index (χ4v) is 2.02. The second-order valence-electron chi connectivity index (χ2n) is 4.16. The van der Waals surface area contributed by atoms with Crippen LogP contribution in [0.3, 0.4) is 0 Å². The molecular formula is C14H12ClN3O2. The van der Waals surface area contributed by atoms with E-state index in [2.05, 4.69) is 5.10 Å².